The van der Waals surface area contributed by atoms with Crippen molar-refractivity contribution in [3.05, 3.63) is 94.5 Å². The number of carbonyl (C=O) groups is 5. The highest BCUT2D eigenvalue weighted by Crippen LogP contribution is 2.41. The molecule has 3 amide bonds. The van der Waals surface area contributed by atoms with Gasteiger partial charge in [0.2, 0.25) is 11.8 Å². The number of nitrogens with zero attached hydrogens (tertiary/aromatic N) is 1. The van der Waals surface area contributed by atoms with Crippen molar-refractivity contribution in [1.29, 1.82) is 0 Å². The topological polar surface area (TPSA) is 119 Å². The van der Waals surface area contributed by atoms with Gasteiger partial charge in [-0.3, -0.25) is 14.4 Å². The molecule has 0 radical (unpaired) electrons. The Morgan fingerprint density at radius 3 is 2.03 bits per heavy atom. The van der Waals surface area contributed by atoms with Gasteiger partial charge in [-0.05, 0) is 47.9 Å². The number of nitrogens with one attached hydrogen (secondary N) is 1. The van der Waals surface area contributed by atoms with Crippen molar-refractivity contribution >= 4 is 52.2 Å². The van der Waals surface area contributed by atoms with Crippen LogP contribution in [0.3, 0.4) is 0 Å². The Balaban J connectivity index is 0.000000212. The number of esters is 2. The first kappa shape index (κ1) is 27.0. The third-order valence-electron chi connectivity index (χ3n) is 6.40. The minimum Gasteiger partial charge on any atom is -0.465 e. The largest absolute Gasteiger partial charge is 0.465 e. The summed E-state index contributed by atoms with van der Waals surface area (Å²) in [6.07, 6.45) is 0.386. The molecular weight excluding hydrogens is 500 g/mol. The predicted octanol–water partition coefficient (Wildman–Crippen LogP) is 4.26. The van der Waals surface area contributed by atoms with Gasteiger partial charge < -0.3 is 14.8 Å². The first-order chi connectivity index (χ1) is 18.7. The second kappa shape index (κ2) is 11.1. The van der Waals surface area contributed by atoms with Gasteiger partial charge in [-0.15, -0.1) is 0 Å². The molecule has 0 atom stereocenters. The van der Waals surface area contributed by atoms with E-state index in [2.05, 4.69) is 10.1 Å². The molecule has 0 spiro atoms. The van der Waals surface area contributed by atoms with Crippen molar-refractivity contribution in [1.82, 2.24) is 0 Å². The Labute approximate surface area is 225 Å². The van der Waals surface area contributed by atoms with Crippen LogP contribution in [0.5, 0.6) is 0 Å². The lowest BCUT2D eigenvalue weighted by Crippen LogP contribution is -2.31. The zero-order valence-electron chi connectivity index (χ0n) is 21.9. The van der Waals surface area contributed by atoms with Crippen molar-refractivity contribution in [2.45, 2.75) is 20.3 Å². The quantitative estimate of drug-likeness (QED) is 0.400. The minimum absolute atomic E-state index is 0.0398. The summed E-state index contributed by atoms with van der Waals surface area (Å²) in [6, 6.07) is 19.4. The van der Waals surface area contributed by atoms with Crippen LogP contribution >= 0.6 is 0 Å². The number of hydrogen-bond acceptors (Lipinski definition) is 7. The Hall–Kier alpha value is -5.05. The average Bonchev–Trinajstić information content (AvgIpc) is 3.46. The second-order valence-electron chi connectivity index (χ2n) is 8.84. The number of allylic oxidation sites excluding steroid dienone is 1. The van der Waals surface area contributed by atoms with E-state index in [1.54, 1.807) is 30.3 Å². The van der Waals surface area contributed by atoms with E-state index < -0.39 is 17.8 Å². The van der Waals surface area contributed by atoms with Crippen molar-refractivity contribution in [2.75, 3.05) is 24.4 Å². The number of anilines is 2. The fraction of sp³-hybridized carbons (Fsp3) is 0.167. The molecule has 9 heteroatoms. The zero-order chi connectivity index (χ0) is 28.3. The highest BCUT2D eigenvalue weighted by Gasteiger charge is 2.37. The van der Waals surface area contributed by atoms with E-state index in [9.17, 15) is 24.0 Å². The number of imide groups is 1. The van der Waals surface area contributed by atoms with Crippen molar-refractivity contribution < 1.29 is 33.4 Å². The van der Waals surface area contributed by atoms with E-state index in [4.69, 9.17) is 4.74 Å². The molecule has 2 aliphatic heterocycles. The Bertz CT molecular complexity index is 1540. The van der Waals surface area contributed by atoms with E-state index in [-0.39, 0.29) is 11.8 Å². The first-order valence-electron chi connectivity index (χ1n) is 12.0. The molecule has 3 aromatic carbocycles. The summed E-state index contributed by atoms with van der Waals surface area (Å²) < 4.78 is 9.29. The number of methoxy groups -OCH3 is 2. The van der Waals surface area contributed by atoms with Crippen LogP contribution in [0.25, 0.3) is 11.1 Å². The van der Waals surface area contributed by atoms with E-state index in [0.717, 1.165) is 21.6 Å². The summed E-state index contributed by atoms with van der Waals surface area (Å²) in [5.41, 5.74) is 5.56. The van der Waals surface area contributed by atoms with Gasteiger partial charge in [-0.2, -0.15) is 0 Å². The number of ether oxygens (including phenoxy) is 2. The maximum absolute atomic E-state index is 12.9. The predicted molar refractivity (Wildman–Crippen MR) is 145 cm³/mol. The van der Waals surface area contributed by atoms with Gasteiger partial charge in [-0.1, -0.05) is 42.5 Å². The fourth-order valence-electron chi connectivity index (χ4n) is 4.48. The lowest BCUT2D eigenvalue weighted by molar-refractivity contribution is -0.122. The highest BCUT2D eigenvalue weighted by atomic mass is 16.5. The van der Waals surface area contributed by atoms with E-state index in [0.29, 0.717) is 40.1 Å². The molecule has 3 aromatic rings. The van der Waals surface area contributed by atoms with Crippen LogP contribution in [0.2, 0.25) is 0 Å². The molecule has 5 rings (SSSR count). The van der Waals surface area contributed by atoms with Crippen LogP contribution in [0, 0.1) is 0 Å². The Morgan fingerprint density at radius 1 is 0.795 bits per heavy atom. The summed E-state index contributed by atoms with van der Waals surface area (Å²) in [5, 5.41) is 2.67. The van der Waals surface area contributed by atoms with Crippen LogP contribution in [-0.4, -0.2) is 43.9 Å². The van der Waals surface area contributed by atoms with Gasteiger partial charge in [-0.25, -0.2) is 14.5 Å². The van der Waals surface area contributed by atoms with Crippen molar-refractivity contribution in [3.63, 3.8) is 0 Å². The summed E-state index contributed by atoms with van der Waals surface area (Å²) in [6.45, 7) is 3.18. The van der Waals surface area contributed by atoms with Crippen LogP contribution < -0.4 is 10.2 Å². The molecule has 0 aromatic heterocycles. The fourth-order valence-corrected chi connectivity index (χ4v) is 4.48. The molecule has 9 nitrogen and oxygen atoms in total. The van der Waals surface area contributed by atoms with Gasteiger partial charge in [0.1, 0.15) is 0 Å². The molecule has 198 valence electrons. The number of fused-ring (bicyclic) bond motifs is 2. The molecule has 0 bridgehead atoms. The van der Waals surface area contributed by atoms with E-state index in [1.807, 2.05) is 37.3 Å². The molecule has 2 aliphatic rings. The normalized spacial score (nSPS) is 14.4. The van der Waals surface area contributed by atoms with E-state index in [1.165, 1.54) is 27.2 Å². The molecule has 1 N–H and O–H groups in total. The van der Waals surface area contributed by atoms with Crippen LogP contribution in [0.4, 0.5) is 11.4 Å². The number of benzene rings is 3. The van der Waals surface area contributed by atoms with Crippen LogP contribution in [0.1, 0.15) is 51.3 Å². The molecule has 0 aliphatic carbocycles. The molecule has 0 saturated carbocycles. The van der Waals surface area contributed by atoms with Gasteiger partial charge in [0, 0.05) is 18.2 Å². The van der Waals surface area contributed by atoms with Crippen LogP contribution in [0.15, 0.2) is 66.7 Å². The number of amides is 3. The third-order valence-corrected chi connectivity index (χ3v) is 6.40. The number of rotatable bonds is 3. The molecular formula is C30H26N2O7. The monoisotopic (exact) mass is 526 g/mol. The summed E-state index contributed by atoms with van der Waals surface area (Å²) in [7, 11) is 2.61. The summed E-state index contributed by atoms with van der Waals surface area (Å²) >= 11 is 0. The second-order valence-corrected chi connectivity index (χ2v) is 8.84. The highest BCUT2D eigenvalue weighted by molar-refractivity contribution is 6.43. The maximum Gasteiger partial charge on any atom is 0.337 e. The SMILES string of the molecule is COC(=O)c1ccc2c(c1)N(C(C)=O)C(=O)/C2=C(/C)c1ccccc1.COC(=O)c1ccc2c(c1)NC(=O)C2. The molecule has 2 heterocycles. The molecule has 39 heavy (non-hydrogen) atoms. The zero-order valence-corrected chi connectivity index (χ0v) is 21.9. The van der Waals surface area contributed by atoms with Gasteiger partial charge in [0.25, 0.3) is 5.91 Å². The summed E-state index contributed by atoms with van der Waals surface area (Å²) in [4.78, 5) is 60.0. The van der Waals surface area contributed by atoms with E-state index >= 15 is 0 Å². The smallest absolute Gasteiger partial charge is 0.337 e. The molecule has 0 unspecified atom stereocenters. The average molecular weight is 527 g/mol. The van der Waals surface area contributed by atoms with Gasteiger partial charge in [0.15, 0.2) is 0 Å². The number of carbonyl (C=O) groups excluding carboxylic acids is 5. The van der Waals surface area contributed by atoms with Gasteiger partial charge in [0.05, 0.1) is 43.0 Å². The number of hydrogen-bond donors (Lipinski definition) is 1. The third kappa shape index (κ3) is 5.33. The Kier molecular flexibility index (Phi) is 7.71. The molecule has 0 saturated heterocycles. The van der Waals surface area contributed by atoms with Crippen LogP contribution in [-0.2, 0) is 30.3 Å². The minimum atomic E-state index is -0.518. The lowest BCUT2D eigenvalue weighted by Gasteiger charge is -2.13. The summed E-state index contributed by atoms with van der Waals surface area (Å²) in [5.74, 6) is -1.73. The maximum atomic E-state index is 12.9. The molecule has 0 fully saturated rings. The first-order valence-corrected chi connectivity index (χ1v) is 12.0. The van der Waals surface area contributed by atoms with Crippen molar-refractivity contribution in [3.8, 4) is 0 Å². The lowest BCUT2D eigenvalue weighted by atomic mass is 9.96. The Morgan fingerprint density at radius 2 is 1.41 bits per heavy atom. The van der Waals surface area contributed by atoms with Gasteiger partial charge >= 0.3 is 11.9 Å². The van der Waals surface area contributed by atoms with Crippen molar-refractivity contribution in [2.24, 2.45) is 0 Å². The standard InChI is InChI=1S/C20H17NO4.C10H9NO3/c1-12(14-7-5-4-6-8-14)18-16-10-9-15(20(24)25-3)11-17(16)21(13(2)22)19(18)23;1-14-10(13)7-3-2-6-5-9(12)11-8(6)4-7/h4-11H,1-3H3;2-4H,5H2,1H3,(H,11,12)/b18-12-;.